The first-order chi connectivity index (χ1) is 14.2. The highest BCUT2D eigenvalue weighted by Crippen LogP contribution is 2.32. The third-order valence-corrected chi connectivity index (χ3v) is 5.02. The molecule has 152 valence electrons. The van der Waals surface area contributed by atoms with Crippen molar-refractivity contribution in [3.05, 3.63) is 42.5 Å². The van der Waals surface area contributed by atoms with Crippen LogP contribution in [0.15, 0.2) is 42.5 Å². The quantitative estimate of drug-likeness (QED) is 0.759. The van der Waals surface area contributed by atoms with E-state index in [1.54, 1.807) is 18.2 Å². The number of hydrogen-bond donors (Lipinski definition) is 2. The minimum absolute atomic E-state index is 0.262. The minimum atomic E-state index is -0.385. The van der Waals surface area contributed by atoms with E-state index in [0.29, 0.717) is 36.1 Å². The van der Waals surface area contributed by atoms with Crippen LogP contribution in [0.1, 0.15) is 25.7 Å². The van der Waals surface area contributed by atoms with Gasteiger partial charge in [-0.25, -0.2) is 0 Å². The number of ether oxygens (including phenoxy) is 2. The van der Waals surface area contributed by atoms with E-state index in [1.807, 2.05) is 24.3 Å². The average molecular weight is 395 g/mol. The second kappa shape index (κ2) is 8.86. The molecule has 0 aromatic heterocycles. The van der Waals surface area contributed by atoms with Crippen molar-refractivity contribution in [3.8, 4) is 11.5 Å². The van der Waals surface area contributed by atoms with Crippen LogP contribution in [0.2, 0.25) is 0 Å². The molecule has 0 atom stereocenters. The summed E-state index contributed by atoms with van der Waals surface area (Å²) in [6.45, 7) is 3.14. The molecule has 29 heavy (non-hydrogen) atoms. The summed E-state index contributed by atoms with van der Waals surface area (Å²) in [6.07, 6.45) is 3.47. The number of benzene rings is 2. The first-order valence-electron chi connectivity index (χ1n) is 10.0. The van der Waals surface area contributed by atoms with Gasteiger partial charge in [0.25, 0.3) is 0 Å². The van der Waals surface area contributed by atoms with Gasteiger partial charge in [-0.15, -0.1) is 0 Å². The molecule has 2 aromatic carbocycles. The maximum absolute atomic E-state index is 12.2. The lowest BCUT2D eigenvalue weighted by molar-refractivity contribution is -0.123. The molecule has 2 aliphatic heterocycles. The Hall–Kier alpha value is -3.22. The highest BCUT2D eigenvalue weighted by molar-refractivity contribution is 6.08. The summed E-state index contributed by atoms with van der Waals surface area (Å²) in [5, 5.41) is 5.49. The van der Waals surface area contributed by atoms with Crippen LogP contribution < -0.4 is 25.0 Å². The van der Waals surface area contributed by atoms with Gasteiger partial charge in [0, 0.05) is 36.2 Å². The molecule has 0 bridgehead atoms. The number of nitrogens with zero attached hydrogens (tertiary/aromatic N) is 1. The summed E-state index contributed by atoms with van der Waals surface area (Å²) in [5.41, 5.74) is 2.42. The number of fused-ring (bicyclic) bond motifs is 1. The van der Waals surface area contributed by atoms with Crippen LogP contribution >= 0.6 is 0 Å². The van der Waals surface area contributed by atoms with Gasteiger partial charge in [0.05, 0.1) is 0 Å². The number of carbonyl (C=O) groups excluding carboxylic acids is 2. The first kappa shape index (κ1) is 19.1. The molecule has 4 rings (SSSR count). The van der Waals surface area contributed by atoms with Crippen LogP contribution in [-0.2, 0) is 9.59 Å². The maximum Gasteiger partial charge on any atom is 0.233 e. The van der Waals surface area contributed by atoms with E-state index in [1.165, 1.54) is 24.9 Å². The fourth-order valence-electron chi connectivity index (χ4n) is 3.58. The number of carbonyl (C=O) groups is 2. The Labute approximate surface area is 170 Å². The van der Waals surface area contributed by atoms with Gasteiger partial charge in [-0.2, -0.15) is 0 Å². The van der Waals surface area contributed by atoms with Gasteiger partial charge < -0.3 is 25.0 Å². The molecule has 1 fully saturated rings. The predicted octanol–water partition coefficient (Wildman–Crippen LogP) is 3.42. The van der Waals surface area contributed by atoms with Crippen LogP contribution in [0.3, 0.4) is 0 Å². The van der Waals surface area contributed by atoms with Crippen molar-refractivity contribution in [3.63, 3.8) is 0 Å². The molecule has 2 aliphatic rings. The molecule has 0 radical (unpaired) electrons. The normalized spacial score (nSPS) is 15.5. The SMILES string of the molecule is O=C(CC(=O)Nc1ccc2c(c1)OCCO2)Nc1ccc(N2CCCCC2)cc1. The van der Waals surface area contributed by atoms with Crippen molar-refractivity contribution in [1.82, 2.24) is 0 Å². The number of rotatable bonds is 5. The standard InChI is InChI=1S/C22H25N3O4/c26-21(23-16-4-7-18(8-5-16)25-10-2-1-3-11-25)15-22(27)24-17-6-9-19-20(14-17)29-13-12-28-19/h4-9,14H,1-3,10-13,15H2,(H,23,26)(H,24,27). The van der Waals surface area contributed by atoms with E-state index in [0.717, 1.165) is 13.1 Å². The zero-order valence-electron chi connectivity index (χ0n) is 16.3. The molecular weight excluding hydrogens is 370 g/mol. The van der Waals surface area contributed by atoms with Crippen molar-refractivity contribution in [2.45, 2.75) is 25.7 Å². The van der Waals surface area contributed by atoms with E-state index in [2.05, 4.69) is 15.5 Å². The molecule has 7 heteroatoms. The molecule has 0 aliphatic carbocycles. The van der Waals surface area contributed by atoms with Gasteiger partial charge in [0.2, 0.25) is 11.8 Å². The van der Waals surface area contributed by atoms with E-state index in [9.17, 15) is 9.59 Å². The van der Waals surface area contributed by atoms with E-state index in [-0.39, 0.29) is 18.2 Å². The summed E-state index contributed by atoms with van der Waals surface area (Å²) in [6, 6.07) is 12.9. The average Bonchev–Trinajstić information content (AvgIpc) is 2.74. The van der Waals surface area contributed by atoms with Gasteiger partial charge >= 0.3 is 0 Å². The Kier molecular flexibility index (Phi) is 5.84. The van der Waals surface area contributed by atoms with Crippen molar-refractivity contribution >= 4 is 28.9 Å². The topological polar surface area (TPSA) is 79.9 Å². The van der Waals surface area contributed by atoms with Gasteiger partial charge in [-0.3, -0.25) is 9.59 Å². The van der Waals surface area contributed by atoms with Gasteiger partial charge in [0.15, 0.2) is 11.5 Å². The lowest BCUT2D eigenvalue weighted by Gasteiger charge is -2.28. The van der Waals surface area contributed by atoms with E-state index in [4.69, 9.17) is 9.47 Å². The predicted molar refractivity (Wildman–Crippen MR) is 112 cm³/mol. The fourth-order valence-corrected chi connectivity index (χ4v) is 3.58. The fraction of sp³-hybridized carbons (Fsp3) is 0.364. The van der Waals surface area contributed by atoms with Crippen molar-refractivity contribution in [2.75, 3.05) is 41.8 Å². The van der Waals surface area contributed by atoms with Gasteiger partial charge in [-0.1, -0.05) is 0 Å². The molecule has 7 nitrogen and oxygen atoms in total. The Balaban J connectivity index is 1.28. The number of hydrogen-bond acceptors (Lipinski definition) is 5. The first-order valence-corrected chi connectivity index (χ1v) is 10.0. The lowest BCUT2D eigenvalue weighted by atomic mass is 10.1. The largest absolute Gasteiger partial charge is 0.486 e. The molecule has 2 amide bonds. The van der Waals surface area contributed by atoms with Crippen LogP contribution in [-0.4, -0.2) is 38.1 Å². The summed E-state index contributed by atoms with van der Waals surface area (Å²) in [4.78, 5) is 26.8. The van der Waals surface area contributed by atoms with Crippen LogP contribution in [0.4, 0.5) is 17.1 Å². The number of anilines is 3. The molecule has 0 unspecified atom stereocenters. The van der Waals surface area contributed by atoms with Crippen LogP contribution in [0, 0.1) is 0 Å². The molecule has 0 spiro atoms. The Morgan fingerprint density at radius 2 is 1.41 bits per heavy atom. The molecule has 2 aromatic rings. The Morgan fingerprint density at radius 3 is 2.14 bits per heavy atom. The molecule has 0 saturated carbocycles. The van der Waals surface area contributed by atoms with E-state index < -0.39 is 0 Å². The minimum Gasteiger partial charge on any atom is -0.486 e. The number of piperidine rings is 1. The maximum atomic E-state index is 12.2. The summed E-state index contributed by atoms with van der Waals surface area (Å²) < 4.78 is 11.0. The third kappa shape index (κ3) is 4.99. The molecule has 2 heterocycles. The second-order valence-corrected chi connectivity index (χ2v) is 7.23. The Bertz CT molecular complexity index is 876. The Morgan fingerprint density at radius 1 is 0.793 bits per heavy atom. The monoisotopic (exact) mass is 395 g/mol. The van der Waals surface area contributed by atoms with Gasteiger partial charge in [-0.05, 0) is 55.7 Å². The highest BCUT2D eigenvalue weighted by Gasteiger charge is 2.15. The van der Waals surface area contributed by atoms with Gasteiger partial charge in [0.1, 0.15) is 19.6 Å². The highest BCUT2D eigenvalue weighted by atomic mass is 16.6. The number of nitrogens with one attached hydrogen (secondary N) is 2. The molecular formula is C22H25N3O4. The molecule has 2 N–H and O–H groups in total. The van der Waals surface area contributed by atoms with E-state index >= 15 is 0 Å². The number of amides is 2. The third-order valence-electron chi connectivity index (χ3n) is 5.02. The van der Waals surface area contributed by atoms with Crippen LogP contribution in [0.5, 0.6) is 11.5 Å². The molecule has 1 saturated heterocycles. The summed E-state index contributed by atoms with van der Waals surface area (Å²) in [7, 11) is 0. The zero-order valence-corrected chi connectivity index (χ0v) is 16.3. The lowest BCUT2D eigenvalue weighted by Crippen LogP contribution is -2.29. The van der Waals surface area contributed by atoms with Crippen molar-refractivity contribution in [2.24, 2.45) is 0 Å². The summed E-state index contributed by atoms with van der Waals surface area (Å²) >= 11 is 0. The smallest absolute Gasteiger partial charge is 0.233 e. The van der Waals surface area contributed by atoms with Crippen molar-refractivity contribution in [1.29, 1.82) is 0 Å². The second-order valence-electron chi connectivity index (χ2n) is 7.23. The summed E-state index contributed by atoms with van der Waals surface area (Å²) in [5.74, 6) is 0.502. The van der Waals surface area contributed by atoms with Crippen molar-refractivity contribution < 1.29 is 19.1 Å². The van der Waals surface area contributed by atoms with Crippen LogP contribution in [0.25, 0.3) is 0 Å². The zero-order chi connectivity index (χ0) is 20.1.